The van der Waals surface area contributed by atoms with Crippen molar-refractivity contribution >= 4 is 17.4 Å². The fourth-order valence-electron chi connectivity index (χ4n) is 3.28. The Labute approximate surface area is 162 Å². The SMILES string of the molecule is Cc1ccc(C(=O)NCC2CCN(c3nccnc3C#N)CC2)cc1[N+](=O)[O-]. The average molecular weight is 380 g/mol. The van der Waals surface area contributed by atoms with Gasteiger partial charge in [-0.2, -0.15) is 5.26 Å². The van der Waals surface area contributed by atoms with Crippen LogP contribution < -0.4 is 10.2 Å². The summed E-state index contributed by atoms with van der Waals surface area (Å²) in [5.74, 6) is 0.577. The zero-order valence-corrected chi connectivity index (χ0v) is 15.5. The van der Waals surface area contributed by atoms with Gasteiger partial charge in [0.05, 0.1) is 4.92 Å². The number of hydrogen-bond donors (Lipinski definition) is 1. The van der Waals surface area contributed by atoms with E-state index in [1.54, 1.807) is 25.3 Å². The lowest BCUT2D eigenvalue weighted by Gasteiger charge is -2.32. The lowest BCUT2D eigenvalue weighted by atomic mass is 9.96. The number of nitro groups is 1. The highest BCUT2D eigenvalue weighted by molar-refractivity contribution is 5.95. The van der Waals surface area contributed by atoms with Gasteiger partial charge in [0.15, 0.2) is 11.5 Å². The van der Waals surface area contributed by atoms with Crippen molar-refractivity contribution in [2.24, 2.45) is 5.92 Å². The number of hydrogen-bond acceptors (Lipinski definition) is 7. The summed E-state index contributed by atoms with van der Waals surface area (Å²) >= 11 is 0. The molecule has 1 aromatic carbocycles. The highest BCUT2D eigenvalue weighted by atomic mass is 16.6. The molecule has 28 heavy (non-hydrogen) atoms. The third-order valence-electron chi connectivity index (χ3n) is 4.92. The average Bonchev–Trinajstić information content (AvgIpc) is 2.72. The van der Waals surface area contributed by atoms with Gasteiger partial charge in [-0.15, -0.1) is 0 Å². The molecule has 1 N–H and O–H groups in total. The van der Waals surface area contributed by atoms with Crippen molar-refractivity contribution < 1.29 is 9.72 Å². The number of nitrogens with one attached hydrogen (secondary N) is 1. The summed E-state index contributed by atoms with van der Waals surface area (Å²) in [6.07, 6.45) is 4.76. The second-order valence-electron chi connectivity index (χ2n) is 6.74. The van der Waals surface area contributed by atoms with Crippen LogP contribution in [0.4, 0.5) is 11.5 Å². The van der Waals surface area contributed by atoms with Crippen LogP contribution in [0.25, 0.3) is 0 Å². The molecule has 1 aliphatic rings. The van der Waals surface area contributed by atoms with Crippen molar-refractivity contribution in [3.8, 4) is 6.07 Å². The Bertz CT molecular complexity index is 932. The monoisotopic (exact) mass is 380 g/mol. The maximum absolute atomic E-state index is 12.3. The Morgan fingerprint density at radius 2 is 2.07 bits per heavy atom. The van der Waals surface area contributed by atoms with Crippen molar-refractivity contribution in [3.05, 3.63) is 57.5 Å². The minimum Gasteiger partial charge on any atom is -0.354 e. The van der Waals surface area contributed by atoms with E-state index < -0.39 is 4.92 Å². The first-order chi connectivity index (χ1) is 13.5. The molecule has 2 heterocycles. The Morgan fingerprint density at radius 3 is 2.75 bits per heavy atom. The molecule has 0 aliphatic carbocycles. The third kappa shape index (κ3) is 4.23. The predicted molar refractivity (Wildman–Crippen MR) is 102 cm³/mol. The molecule has 0 saturated carbocycles. The molecule has 3 rings (SSSR count). The molecule has 1 saturated heterocycles. The molecule has 1 fully saturated rings. The molecule has 0 radical (unpaired) electrons. The zero-order chi connectivity index (χ0) is 20.1. The summed E-state index contributed by atoms with van der Waals surface area (Å²) in [5, 5.41) is 23.1. The van der Waals surface area contributed by atoms with Crippen molar-refractivity contribution in [2.75, 3.05) is 24.5 Å². The van der Waals surface area contributed by atoms with E-state index in [1.165, 1.54) is 12.3 Å². The van der Waals surface area contributed by atoms with Gasteiger partial charge in [0.2, 0.25) is 0 Å². The lowest BCUT2D eigenvalue weighted by molar-refractivity contribution is -0.385. The van der Waals surface area contributed by atoms with Crippen LogP contribution in [-0.4, -0.2) is 40.4 Å². The van der Waals surface area contributed by atoms with E-state index in [1.807, 2.05) is 4.90 Å². The molecule has 1 aromatic heterocycles. The van der Waals surface area contributed by atoms with Gasteiger partial charge >= 0.3 is 0 Å². The summed E-state index contributed by atoms with van der Waals surface area (Å²) in [5.41, 5.74) is 1.07. The van der Waals surface area contributed by atoms with E-state index in [0.29, 0.717) is 29.5 Å². The first kappa shape index (κ1) is 19.2. The van der Waals surface area contributed by atoms with Gasteiger partial charge in [-0.25, -0.2) is 9.97 Å². The van der Waals surface area contributed by atoms with Crippen LogP contribution in [-0.2, 0) is 0 Å². The number of benzene rings is 1. The topological polar surface area (TPSA) is 125 Å². The maximum Gasteiger partial charge on any atom is 0.273 e. The maximum atomic E-state index is 12.3. The molecule has 9 nitrogen and oxygen atoms in total. The molecule has 2 aromatic rings. The van der Waals surface area contributed by atoms with Gasteiger partial charge < -0.3 is 10.2 Å². The first-order valence-electron chi connectivity index (χ1n) is 8.99. The van der Waals surface area contributed by atoms with Crippen LogP contribution in [0.15, 0.2) is 30.6 Å². The molecular weight excluding hydrogens is 360 g/mol. The number of aromatic nitrogens is 2. The molecule has 1 aliphatic heterocycles. The molecule has 9 heteroatoms. The van der Waals surface area contributed by atoms with Crippen molar-refractivity contribution in [2.45, 2.75) is 19.8 Å². The van der Waals surface area contributed by atoms with Crippen molar-refractivity contribution in [1.29, 1.82) is 5.26 Å². The van der Waals surface area contributed by atoms with E-state index in [0.717, 1.165) is 25.9 Å². The fourth-order valence-corrected chi connectivity index (χ4v) is 3.28. The van der Waals surface area contributed by atoms with Crippen LogP contribution in [0.2, 0.25) is 0 Å². The number of nitrogens with zero attached hydrogens (tertiary/aromatic N) is 5. The van der Waals surface area contributed by atoms with Crippen LogP contribution >= 0.6 is 0 Å². The molecule has 0 atom stereocenters. The van der Waals surface area contributed by atoms with Gasteiger partial charge in [-0.05, 0) is 31.7 Å². The minimum absolute atomic E-state index is 0.0572. The van der Waals surface area contributed by atoms with Crippen LogP contribution in [0.3, 0.4) is 0 Å². The number of piperidine rings is 1. The Balaban J connectivity index is 1.54. The summed E-state index contributed by atoms with van der Waals surface area (Å²) in [7, 11) is 0. The zero-order valence-electron chi connectivity index (χ0n) is 15.5. The van der Waals surface area contributed by atoms with Gasteiger partial charge in [-0.3, -0.25) is 14.9 Å². The molecule has 0 unspecified atom stereocenters. The quantitative estimate of drug-likeness (QED) is 0.622. The molecule has 0 spiro atoms. The van der Waals surface area contributed by atoms with E-state index in [-0.39, 0.29) is 17.2 Å². The Kier molecular flexibility index (Phi) is 5.79. The predicted octanol–water partition coefficient (Wildman–Crippen LogP) is 2.21. The number of nitro benzene ring substituents is 1. The second-order valence-corrected chi connectivity index (χ2v) is 6.74. The van der Waals surface area contributed by atoms with E-state index in [9.17, 15) is 14.9 Å². The minimum atomic E-state index is -0.482. The van der Waals surface area contributed by atoms with Crippen molar-refractivity contribution in [1.82, 2.24) is 15.3 Å². The number of anilines is 1. The van der Waals surface area contributed by atoms with E-state index >= 15 is 0 Å². The number of amides is 1. The van der Waals surface area contributed by atoms with E-state index in [4.69, 9.17) is 5.26 Å². The highest BCUT2D eigenvalue weighted by Gasteiger charge is 2.23. The number of carbonyl (C=O) groups is 1. The third-order valence-corrected chi connectivity index (χ3v) is 4.92. The second kappa shape index (κ2) is 8.43. The summed E-state index contributed by atoms with van der Waals surface area (Å²) in [6.45, 7) is 3.59. The van der Waals surface area contributed by atoms with Gasteiger partial charge in [0.25, 0.3) is 11.6 Å². The van der Waals surface area contributed by atoms with Crippen LogP contribution in [0.1, 0.15) is 34.5 Å². The number of aryl methyl sites for hydroxylation is 1. The van der Waals surface area contributed by atoms with Crippen LogP contribution in [0, 0.1) is 34.3 Å². The number of carbonyl (C=O) groups excluding carboxylic acids is 1. The Morgan fingerprint density at radius 1 is 1.36 bits per heavy atom. The Hall–Kier alpha value is -3.54. The molecule has 144 valence electrons. The molecule has 0 bridgehead atoms. The number of nitriles is 1. The van der Waals surface area contributed by atoms with Gasteiger partial charge in [-0.1, -0.05) is 6.07 Å². The first-order valence-corrected chi connectivity index (χ1v) is 8.99. The van der Waals surface area contributed by atoms with Crippen molar-refractivity contribution in [3.63, 3.8) is 0 Å². The normalized spacial score (nSPS) is 14.4. The summed E-state index contributed by atoms with van der Waals surface area (Å²) in [6, 6.07) is 6.55. The standard InChI is InChI=1S/C19H20N6O3/c1-13-2-3-15(10-17(13)25(27)28)19(26)23-12-14-4-8-24(9-5-14)18-16(11-20)21-6-7-22-18/h2-3,6-7,10,14H,4-5,8-9,12H2,1H3,(H,23,26). The summed E-state index contributed by atoms with van der Waals surface area (Å²) in [4.78, 5) is 33.2. The highest BCUT2D eigenvalue weighted by Crippen LogP contribution is 2.23. The lowest BCUT2D eigenvalue weighted by Crippen LogP contribution is -2.39. The van der Waals surface area contributed by atoms with Gasteiger partial charge in [0, 0.05) is 49.2 Å². The van der Waals surface area contributed by atoms with Crippen LogP contribution in [0.5, 0.6) is 0 Å². The van der Waals surface area contributed by atoms with Gasteiger partial charge in [0.1, 0.15) is 6.07 Å². The summed E-state index contributed by atoms with van der Waals surface area (Å²) < 4.78 is 0. The largest absolute Gasteiger partial charge is 0.354 e. The smallest absolute Gasteiger partial charge is 0.273 e. The molecule has 1 amide bonds. The van der Waals surface area contributed by atoms with E-state index in [2.05, 4.69) is 21.4 Å². The molecular formula is C19H20N6O3. The number of rotatable bonds is 5. The fraction of sp³-hybridized carbons (Fsp3) is 0.368.